The van der Waals surface area contributed by atoms with Gasteiger partial charge in [-0.25, -0.2) is 8.42 Å². The van der Waals surface area contributed by atoms with Gasteiger partial charge < -0.3 is 5.32 Å². The van der Waals surface area contributed by atoms with Crippen LogP contribution in [0.5, 0.6) is 0 Å². The minimum atomic E-state index is -3.41. The molecule has 8 heteroatoms. The molecule has 0 saturated carbocycles. The van der Waals surface area contributed by atoms with Crippen molar-refractivity contribution in [1.29, 1.82) is 0 Å². The lowest BCUT2D eigenvalue weighted by Crippen LogP contribution is -2.16. The first-order chi connectivity index (χ1) is 8.84. The molecule has 0 aliphatic carbocycles. The number of nitro groups is 1. The standard InChI is InChI=1S/C11H12N2O5S/c1-2-19(17,18)8-7-11(14)12-9-3-5-10(6-4-9)13(15)16/h2-6H,1,7-8H2,(H,12,14). The van der Waals surface area contributed by atoms with Crippen molar-refractivity contribution >= 4 is 27.1 Å². The molecule has 0 spiro atoms. The molecule has 0 unspecified atom stereocenters. The summed E-state index contributed by atoms with van der Waals surface area (Å²) in [5.74, 6) is -0.811. The fourth-order valence-corrected chi connectivity index (χ4v) is 1.84. The monoisotopic (exact) mass is 284 g/mol. The van der Waals surface area contributed by atoms with Crippen molar-refractivity contribution in [3.63, 3.8) is 0 Å². The van der Waals surface area contributed by atoms with Gasteiger partial charge in [0.2, 0.25) is 5.91 Å². The lowest BCUT2D eigenvalue weighted by molar-refractivity contribution is -0.384. The van der Waals surface area contributed by atoms with Gasteiger partial charge in [0.05, 0.1) is 10.7 Å². The predicted octanol–water partition coefficient (Wildman–Crippen LogP) is 1.48. The zero-order chi connectivity index (χ0) is 14.5. The second-order valence-corrected chi connectivity index (χ2v) is 5.70. The second-order valence-electron chi connectivity index (χ2n) is 3.64. The van der Waals surface area contributed by atoms with Gasteiger partial charge in [-0.05, 0) is 12.1 Å². The van der Waals surface area contributed by atoms with Crippen LogP contribution < -0.4 is 5.32 Å². The maximum atomic E-state index is 11.5. The van der Waals surface area contributed by atoms with Crippen LogP contribution in [-0.4, -0.2) is 25.0 Å². The van der Waals surface area contributed by atoms with E-state index in [2.05, 4.69) is 11.9 Å². The molecule has 19 heavy (non-hydrogen) atoms. The Balaban J connectivity index is 2.58. The van der Waals surface area contributed by atoms with Crippen LogP contribution in [0.2, 0.25) is 0 Å². The van der Waals surface area contributed by atoms with E-state index in [0.717, 1.165) is 5.41 Å². The maximum absolute atomic E-state index is 11.5. The fraction of sp³-hybridized carbons (Fsp3) is 0.182. The van der Waals surface area contributed by atoms with E-state index in [1.54, 1.807) is 0 Å². The lowest BCUT2D eigenvalue weighted by Gasteiger charge is -2.04. The summed E-state index contributed by atoms with van der Waals surface area (Å²) in [5, 5.41) is 13.7. The Bertz CT molecular complexity index is 592. The molecule has 1 N–H and O–H groups in total. The normalized spacial score (nSPS) is 10.7. The zero-order valence-corrected chi connectivity index (χ0v) is 10.7. The van der Waals surface area contributed by atoms with Gasteiger partial charge in [-0.15, -0.1) is 0 Å². The number of hydrogen-bond donors (Lipinski definition) is 1. The Kier molecular flexibility index (Phi) is 4.76. The molecule has 0 atom stereocenters. The second kappa shape index (κ2) is 6.10. The molecule has 0 radical (unpaired) electrons. The third-order valence-corrected chi connectivity index (χ3v) is 3.51. The van der Waals surface area contributed by atoms with E-state index in [0.29, 0.717) is 5.69 Å². The summed E-state index contributed by atoms with van der Waals surface area (Å²) in [7, 11) is -3.41. The molecule has 7 nitrogen and oxygen atoms in total. The predicted molar refractivity (Wildman–Crippen MR) is 70.3 cm³/mol. The number of amides is 1. The summed E-state index contributed by atoms with van der Waals surface area (Å²) < 4.78 is 22.2. The molecule has 1 amide bonds. The summed E-state index contributed by atoms with van der Waals surface area (Å²) in [6.07, 6.45) is -0.203. The highest BCUT2D eigenvalue weighted by Gasteiger charge is 2.10. The van der Waals surface area contributed by atoms with E-state index in [1.807, 2.05) is 0 Å². The van der Waals surface area contributed by atoms with E-state index in [-0.39, 0.29) is 17.9 Å². The Morgan fingerprint density at radius 2 is 1.95 bits per heavy atom. The minimum absolute atomic E-state index is 0.0905. The molecule has 0 aliphatic heterocycles. The van der Waals surface area contributed by atoms with Gasteiger partial charge in [-0.1, -0.05) is 6.58 Å². The van der Waals surface area contributed by atoms with Crippen molar-refractivity contribution in [2.45, 2.75) is 6.42 Å². The molecule has 1 rings (SSSR count). The van der Waals surface area contributed by atoms with Gasteiger partial charge >= 0.3 is 0 Å². The number of nitrogens with zero attached hydrogens (tertiary/aromatic N) is 1. The first-order valence-corrected chi connectivity index (χ1v) is 6.95. The van der Waals surface area contributed by atoms with Gasteiger partial charge in [-0.2, -0.15) is 0 Å². The molecule has 1 aromatic rings. The van der Waals surface area contributed by atoms with Crippen molar-refractivity contribution < 1.29 is 18.1 Å². The Labute approximate surface area is 110 Å². The highest BCUT2D eigenvalue weighted by Crippen LogP contribution is 2.15. The van der Waals surface area contributed by atoms with Crippen molar-refractivity contribution in [3.8, 4) is 0 Å². The van der Waals surface area contributed by atoms with Crippen molar-refractivity contribution in [1.82, 2.24) is 0 Å². The molecule has 0 saturated heterocycles. The quantitative estimate of drug-likeness (QED) is 0.629. The van der Waals surface area contributed by atoms with E-state index in [1.165, 1.54) is 24.3 Å². The smallest absolute Gasteiger partial charge is 0.269 e. The number of sulfone groups is 1. The van der Waals surface area contributed by atoms with Gasteiger partial charge in [-0.3, -0.25) is 14.9 Å². The first-order valence-electron chi connectivity index (χ1n) is 5.23. The summed E-state index contributed by atoms with van der Waals surface area (Å²) in [5.41, 5.74) is 0.277. The van der Waals surface area contributed by atoms with Crippen LogP contribution in [0.15, 0.2) is 36.3 Å². The van der Waals surface area contributed by atoms with Crippen LogP contribution in [0.4, 0.5) is 11.4 Å². The molecule has 1 aromatic carbocycles. The number of rotatable bonds is 6. The summed E-state index contributed by atoms with van der Waals surface area (Å²) in [6.45, 7) is 3.14. The van der Waals surface area contributed by atoms with E-state index < -0.39 is 20.7 Å². The third-order valence-electron chi connectivity index (χ3n) is 2.23. The number of hydrogen-bond acceptors (Lipinski definition) is 5. The number of anilines is 1. The van der Waals surface area contributed by atoms with Gasteiger partial charge in [0.1, 0.15) is 0 Å². The molecular weight excluding hydrogens is 272 g/mol. The number of non-ortho nitro benzene ring substituents is 1. The number of benzene rings is 1. The molecule has 0 fully saturated rings. The highest BCUT2D eigenvalue weighted by atomic mass is 32.2. The number of carbonyl (C=O) groups excluding carboxylic acids is 1. The van der Waals surface area contributed by atoms with Crippen molar-refractivity contribution in [2.75, 3.05) is 11.1 Å². The topological polar surface area (TPSA) is 106 Å². The van der Waals surface area contributed by atoms with Gasteiger partial charge in [0.15, 0.2) is 9.84 Å². The molecule has 102 valence electrons. The van der Waals surface area contributed by atoms with Crippen LogP contribution in [0, 0.1) is 10.1 Å². The summed E-state index contributed by atoms with van der Waals surface area (Å²) in [4.78, 5) is 21.3. The third kappa shape index (κ3) is 4.88. The number of nitrogens with one attached hydrogen (secondary N) is 1. The van der Waals surface area contributed by atoms with Gasteiger partial charge in [0.25, 0.3) is 5.69 Å². The molecule has 0 aliphatic rings. The van der Waals surface area contributed by atoms with Crippen LogP contribution in [0.1, 0.15) is 6.42 Å². The minimum Gasteiger partial charge on any atom is -0.326 e. The fourth-order valence-electron chi connectivity index (χ4n) is 1.21. The van der Waals surface area contributed by atoms with Crippen molar-refractivity contribution in [2.24, 2.45) is 0 Å². The Hall–Kier alpha value is -2.22. The van der Waals surface area contributed by atoms with Crippen LogP contribution in [-0.2, 0) is 14.6 Å². The number of nitro benzene ring substituents is 1. The Morgan fingerprint density at radius 3 is 2.42 bits per heavy atom. The average molecular weight is 284 g/mol. The molecule has 0 heterocycles. The van der Waals surface area contributed by atoms with E-state index in [4.69, 9.17) is 0 Å². The average Bonchev–Trinajstić information content (AvgIpc) is 2.37. The number of carbonyl (C=O) groups is 1. The largest absolute Gasteiger partial charge is 0.326 e. The molecular formula is C11H12N2O5S. The molecule has 0 bridgehead atoms. The van der Waals surface area contributed by atoms with Crippen LogP contribution in [0.3, 0.4) is 0 Å². The summed E-state index contributed by atoms with van der Waals surface area (Å²) >= 11 is 0. The summed E-state index contributed by atoms with van der Waals surface area (Å²) in [6, 6.07) is 5.24. The van der Waals surface area contributed by atoms with Gasteiger partial charge in [0, 0.05) is 29.6 Å². The Morgan fingerprint density at radius 1 is 1.37 bits per heavy atom. The van der Waals surface area contributed by atoms with Crippen molar-refractivity contribution in [3.05, 3.63) is 46.4 Å². The van der Waals surface area contributed by atoms with E-state index in [9.17, 15) is 23.3 Å². The van der Waals surface area contributed by atoms with Crippen LogP contribution >= 0.6 is 0 Å². The lowest BCUT2D eigenvalue weighted by atomic mass is 10.3. The first kappa shape index (κ1) is 14.8. The SMILES string of the molecule is C=CS(=O)(=O)CCC(=O)Nc1ccc([N+](=O)[O-])cc1. The van der Waals surface area contributed by atoms with E-state index >= 15 is 0 Å². The van der Waals surface area contributed by atoms with Crippen LogP contribution in [0.25, 0.3) is 0 Å². The highest BCUT2D eigenvalue weighted by molar-refractivity contribution is 7.94. The zero-order valence-electron chi connectivity index (χ0n) is 9.90. The maximum Gasteiger partial charge on any atom is 0.269 e. The molecule has 0 aromatic heterocycles.